The van der Waals surface area contributed by atoms with Gasteiger partial charge in [-0.25, -0.2) is 0 Å². The normalized spacial score (nSPS) is 21.7. The van der Waals surface area contributed by atoms with Gasteiger partial charge in [0.05, 0.1) is 6.10 Å². The summed E-state index contributed by atoms with van der Waals surface area (Å²) in [5.74, 6) is 1.66. The Labute approximate surface area is 192 Å². The molecule has 1 saturated heterocycles. The third-order valence-electron chi connectivity index (χ3n) is 6.31. The Kier molecular flexibility index (Phi) is 8.17. The fourth-order valence-electron chi connectivity index (χ4n) is 4.06. The maximum Gasteiger partial charge on any atom is 0.137 e. The predicted octanol–water partition coefficient (Wildman–Crippen LogP) is 2.93. The van der Waals surface area contributed by atoms with E-state index in [2.05, 4.69) is 28.0 Å². The molecule has 0 bridgehead atoms. The first kappa shape index (κ1) is 24.5. The molecule has 0 unspecified atom stereocenters. The number of likely N-dealkylation sites (tertiary alicyclic amines) is 1. The standard InChI is InChI=1S/C26H38N2O4/c1-19-6-7-20(2)25(21(19)3)32-18-26(30)17-28(13-12-24(26)29)16-22-8-10-23(11-9-22)31-15-14-27(4)5/h6-11,24,29-30H,12-18H2,1-5H3/t24-,26-/m0/s1. The van der Waals surface area contributed by atoms with E-state index in [-0.39, 0.29) is 6.61 Å². The van der Waals surface area contributed by atoms with Crippen LogP contribution in [0.4, 0.5) is 0 Å². The predicted molar refractivity (Wildman–Crippen MR) is 127 cm³/mol. The molecule has 1 aliphatic rings. The van der Waals surface area contributed by atoms with Crippen molar-refractivity contribution < 1.29 is 19.7 Å². The average Bonchev–Trinajstić information content (AvgIpc) is 2.75. The summed E-state index contributed by atoms with van der Waals surface area (Å²) in [7, 11) is 4.05. The van der Waals surface area contributed by atoms with Crippen LogP contribution in [-0.4, -0.2) is 78.7 Å². The molecule has 6 heteroatoms. The Morgan fingerprint density at radius 1 is 1.03 bits per heavy atom. The summed E-state index contributed by atoms with van der Waals surface area (Å²) in [6.07, 6.45) is -0.297. The largest absolute Gasteiger partial charge is 0.492 e. The van der Waals surface area contributed by atoms with Gasteiger partial charge < -0.3 is 24.6 Å². The van der Waals surface area contributed by atoms with Crippen LogP contribution in [0.2, 0.25) is 0 Å². The van der Waals surface area contributed by atoms with Crippen LogP contribution >= 0.6 is 0 Å². The molecule has 0 aromatic heterocycles. The van der Waals surface area contributed by atoms with Crippen molar-refractivity contribution in [2.45, 2.75) is 45.4 Å². The quantitative estimate of drug-likeness (QED) is 0.623. The highest BCUT2D eigenvalue weighted by molar-refractivity contribution is 5.44. The first-order chi connectivity index (χ1) is 15.2. The van der Waals surface area contributed by atoms with Gasteiger partial charge in [-0.3, -0.25) is 4.90 Å². The van der Waals surface area contributed by atoms with Crippen molar-refractivity contribution in [3.8, 4) is 11.5 Å². The second kappa shape index (κ2) is 10.7. The lowest BCUT2D eigenvalue weighted by atomic mass is 9.90. The third kappa shape index (κ3) is 6.23. The van der Waals surface area contributed by atoms with Crippen molar-refractivity contribution in [2.75, 3.05) is 46.9 Å². The van der Waals surface area contributed by atoms with Gasteiger partial charge in [0.1, 0.15) is 30.3 Å². The molecular formula is C26H38N2O4. The van der Waals surface area contributed by atoms with Crippen molar-refractivity contribution in [2.24, 2.45) is 0 Å². The van der Waals surface area contributed by atoms with Crippen LogP contribution < -0.4 is 9.47 Å². The Bertz CT molecular complexity index is 884. The minimum absolute atomic E-state index is 0.0639. The van der Waals surface area contributed by atoms with Crippen molar-refractivity contribution in [3.05, 3.63) is 58.7 Å². The number of nitrogens with zero attached hydrogens (tertiary/aromatic N) is 2. The number of piperidine rings is 1. The average molecular weight is 443 g/mol. The fraction of sp³-hybridized carbons (Fsp3) is 0.538. The first-order valence-corrected chi connectivity index (χ1v) is 11.4. The Morgan fingerprint density at radius 2 is 1.72 bits per heavy atom. The van der Waals surface area contributed by atoms with Gasteiger partial charge in [0.15, 0.2) is 0 Å². The summed E-state index contributed by atoms with van der Waals surface area (Å²) < 4.78 is 11.8. The Morgan fingerprint density at radius 3 is 2.41 bits per heavy atom. The molecule has 0 saturated carbocycles. The van der Waals surface area contributed by atoms with Gasteiger partial charge in [0.25, 0.3) is 0 Å². The maximum absolute atomic E-state index is 11.2. The van der Waals surface area contributed by atoms with E-state index in [1.54, 1.807) is 0 Å². The van der Waals surface area contributed by atoms with Crippen molar-refractivity contribution in [1.29, 1.82) is 0 Å². The molecule has 2 aromatic carbocycles. The summed E-state index contributed by atoms with van der Waals surface area (Å²) in [5.41, 5.74) is 3.10. The highest BCUT2D eigenvalue weighted by Crippen LogP contribution is 2.29. The van der Waals surface area contributed by atoms with Crippen LogP contribution in [0, 0.1) is 20.8 Å². The van der Waals surface area contributed by atoms with Gasteiger partial charge in [0.2, 0.25) is 0 Å². The number of ether oxygens (including phenoxy) is 2. The van der Waals surface area contributed by atoms with Crippen LogP contribution in [-0.2, 0) is 6.54 Å². The highest BCUT2D eigenvalue weighted by Gasteiger charge is 2.42. The number of aliphatic hydroxyl groups excluding tert-OH is 1. The van der Waals surface area contributed by atoms with E-state index in [4.69, 9.17) is 9.47 Å². The van der Waals surface area contributed by atoms with E-state index in [1.165, 1.54) is 0 Å². The summed E-state index contributed by atoms with van der Waals surface area (Å²) >= 11 is 0. The molecule has 6 nitrogen and oxygen atoms in total. The molecule has 1 fully saturated rings. The van der Waals surface area contributed by atoms with E-state index in [0.717, 1.165) is 46.8 Å². The van der Waals surface area contributed by atoms with Gasteiger partial charge in [0, 0.05) is 26.2 Å². The van der Waals surface area contributed by atoms with Crippen LogP contribution in [0.5, 0.6) is 11.5 Å². The second-order valence-electron chi connectivity index (χ2n) is 9.36. The lowest BCUT2D eigenvalue weighted by molar-refractivity contribution is -0.140. The van der Waals surface area contributed by atoms with Gasteiger partial charge in [-0.2, -0.15) is 0 Å². The van der Waals surface area contributed by atoms with Crippen LogP contribution in [0.25, 0.3) is 0 Å². The molecule has 2 atom stereocenters. The minimum atomic E-state index is -1.31. The van der Waals surface area contributed by atoms with Crippen LogP contribution in [0.1, 0.15) is 28.7 Å². The van der Waals surface area contributed by atoms with Crippen molar-refractivity contribution >= 4 is 0 Å². The Hall–Kier alpha value is -2.12. The van der Waals surface area contributed by atoms with E-state index in [9.17, 15) is 10.2 Å². The van der Waals surface area contributed by atoms with Crippen LogP contribution in [0.3, 0.4) is 0 Å². The molecule has 1 heterocycles. The molecular weight excluding hydrogens is 404 g/mol. The number of aliphatic hydroxyl groups is 2. The summed E-state index contributed by atoms with van der Waals surface area (Å²) in [5, 5.41) is 21.8. The lowest BCUT2D eigenvalue weighted by Crippen LogP contribution is -2.59. The van der Waals surface area contributed by atoms with Crippen LogP contribution in [0.15, 0.2) is 36.4 Å². The molecule has 3 rings (SSSR count). The van der Waals surface area contributed by atoms with E-state index < -0.39 is 11.7 Å². The molecule has 0 spiro atoms. The molecule has 2 aromatic rings. The second-order valence-corrected chi connectivity index (χ2v) is 9.36. The first-order valence-electron chi connectivity index (χ1n) is 11.4. The molecule has 32 heavy (non-hydrogen) atoms. The van der Waals surface area contributed by atoms with Gasteiger partial charge in [-0.1, -0.05) is 24.3 Å². The number of aryl methyl sites for hydroxylation is 2. The Balaban J connectivity index is 1.59. The summed E-state index contributed by atoms with van der Waals surface area (Å²) in [6.45, 7) is 9.47. The summed E-state index contributed by atoms with van der Waals surface area (Å²) in [4.78, 5) is 4.26. The van der Waals surface area contributed by atoms with Gasteiger partial charge in [-0.15, -0.1) is 0 Å². The fourth-order valence-corrected chi connectivity index (χ4v) is 4.06. The maximum atomic E-state index is 11.2. The topological polar surface area (TPSA) is 65.4 Å². The minimum Gasteiger partial charge on any atom is -0.492 e. The van der Waals surface area contributed by atoms with Crippen molar-refractivity contribution in [1.82, 2.24) is 9.80 Å². The number of rotatable bonds is 9. The van der Waals surface area contributed by atoms with Crippen molar-refractivity contribution in [3.63, 3.8) is 0 Å². The monoisotopic (exact) mass is 442 g/mol. The molecule has 2 N–H and O–H groups in total. The molecule has 176 valence electrons. The zero-order valence-corrected chi connectivity index (χ0v) is 20.1. The zero-order valence-electron chi connectivity index (χ0n) is 20.1. The molecule has 0 amide bonds. The number of likely N-dealkylation sites (N-methyl/N-ethyl adjacent to an activating group) is 1. The molecule has 0 aliphatic carbocycles. The smallest absolute Gasteiger partial charge is 0.137 e. The SMILES string of the molecule is Cc1ccc(C)c(OC[C@@]2(O)CN(Cc3ccc(OCCN(C)C)cc3)CC[C@@H]2O)c1C. The highest BCUT2D eigenvalue weighted by atomic mass is 16.5. The number of hydrogen-bond acceptors (Lipinski definition) is 6. The number of hydrogen-bond donors (Lipinski definition) is 2. The lowest BCUT2D eigenvalue weighted by Gasteiger charge is -2.42. The van der Waals surface area contributed by atoms with Gasteiger partial charge >= 0.3 is 0 Å². The molecule has 1 aliphatic heterocycles. The number of benzene rings is 2. The zero-order chi connectivity index (χ0) is 23.3. The van der Waals surface area contributed by atoms with E-state index >= 15 is 0 Å². The summed E-state index contributed by atoms with van der Waals surface area (Å²) in [6, 6.07) is 12.2. The van der Waals surface area contributed by atoms with E-state index in [0.29, 0.717) is 26.1 Å². The number of β-amino-alcohol motifs (C(OH)–C–C–N with tert-alkyl or cyclic N) is 1. The molecule has 0 radical (unpaired) electrons. The van der Waals surface area contributed by atoms with E-state index in [1.807, 2.05) is 53.1 Å². The third-order valence-corrected chi connectivity index (χ3v) is 6.31. The van der Waals surface area contributed by atoms with Gasteiger partial charge in [-0.05, 0) is 75.7 Å².